The van der Waals surface area contributed by atoms with E-state index in [4.69, 9.17) is 18.9 Å². The van der Waals surface area contributed by atoms with Crippen LogP contribution in [-0.2, 0) is 25.9 Å². The Labute approximate surface area is 299 Å². The number of amides is 3. The molecule has 0 saturated carbocycles. The van der Waals surface area contributed by atoms with Crippen LogP contribution in [0.15, 0.2) is 53.4 Å². The second-order valence-corrected chi connectivity index (χ2v) is 16.5. The van der Waals surface area contributed by atoms with Crippen molar-refractivity contribution in [2.45, 2.75) is 81.7 Å². The summed E-state index contributed by atoms with van der Waals surface area (Å²) < 4.78 is 52.5. The highest BCUT2D eigenvalue weighted by molar-refractivity contribution is 7.89. The molecule has 3 saturated heterocycles. The van der Waals surface area contributed by atoms with Gasteiger partial charge < -0.3 is 49.1 Å². The molecule has 5 atom stereocenters. The van der Waals surface area contributed by atoms with Crippen molar-refractivity contribution in [2.75, 3.05) is 52.7 Å². The first-order valence-corrected chi connectivity index (χ1v) is 19.2. The van der Waals surface area contributed by atoms with E-state index in [-0.39, 0.29) is 43.2 Å². The summed E-state index contributed by atoms with van der Waals surface area (Å²) in [5.41, 5.74) is 0.172. The molecule has 4 aliphatic rings. The van der Waals surface area contributed by atoms with Crippen LogP contribution in [0.5, 0.6) is 11.5 Å². The molecule has 2 aromatic rings. The number of hydrogen-bond donors (Lipinski definition) is 2. The summed E-state index contributed by atoms with van der Waals surface area (Å²) >= 11 is 0. The van der Waals surface area contributed by atoms with Gasteiger partial charge in [0.1, 0.15) is 6.09 Å². The Morgan fingerprint density at radius 1 is 1.08 bits per heavy atom. The number of carbonyl (C=O) groups excluding carboxylic acids is 2. The fraction of sp³-hybridized carbons (Fsp3) is 0.611. The molecule has 2 aromatic carbocycles. The summed E-state index contributed by atoms with van der Waals surface area (Å²) in [5, 5.41) is 28.0. The Kier molecular flexibility index (Phi) is 11.6. The van der Waals surface area contributed by atoms with Crippen LogP contribution in [0.2, 0.25) is 0 Å². The van der Waals surface area contributed by atoms with Crippen molar-refractivity contribution < 1.29 is 47.2 Å². The third kappa shape index (κ3) is 8.71. The molecule has 280 valence electrons. The average Bonchev–Trinajstić information content (AvgIpc) is 3.93. The summed E-state index contributed by atoms with van der Waals surface area (Å²) in [6.45, 7) is 5.89. The van der Waals surface area contributed by atoms with Gasteiger partial charge in [0.25, 0.3) is 0 Å². The van der Waals surface area contributed by atoms with Gasteiger partial charge in [0.05, 0.1) is 36.3 Å². The van der Waals surface area contributed by atoms with E-state index < -0.39 is 52.6 Å². The van der Waals surface area contributed by atoms with Crippen LogP contribution in [0.4, 0.5) is 9.59 Å². The van der Waals surface area contributed by atoms with E-state index in [0.29, 0.717) is 43.9 Å². The average molecular weight is 730 g/mol. The van der Waals surface area contributed by atoms with Gasteiger partial charge in [-0.3, -0.25) is 0 Å². The van der Waals surface area contributed by atoms with Gasteiger partial charge in [-0.25, -0.2) is 13.2 Å². The summed E-state index contributed by atoms with van der Waals surface area (Å²) in [7, 11) is -4.26. The van der Waals surface area contributed by atoms with Crippen molar-refractivity contribution >= 4 is 22.1 Å². The third-order valence-electron chi connectivity index (χ3n) is 10.3. The molecule has 2 N–H and O–H groups in total. The first-order valence-electron chi connectivity index (χ1n) is 17.8. The molecule has 0 aliphatic carbocycles. The van der Waals surface area contributed by atoms with Crippen LogP contribution in [-0.4, -0.2) is 117 Å². The first-order chi connectivity index (χ1) is 24.4. The minimum Gasteiger partial charge on any atom is -0.530 e. The van der Waals surface area contributed by atoms with E-state index in [0.717, 1.165) is 36.4 Å². The molecule has 3 fully saturated rings. The Morgan fingerprint density at radius 3 is 2.57 bits per heavy atom. The minimum absolute atomic E-state index is 0.00929. The van der Waals surface area contributed by atoms with E-state index in [1.807, 2.05) is 44.2 Å². The molecule has 0 aromatic heterocycles. The van der Waals surface area contributed by atoms with E-state index in [9.17, 15) is 28.2 Å². The number of likely N-dealkylation sites (tertiary alicyclic amines) is 1. The summed E-state index contributed by atoms with van der Waals surface area (Å²) in [6, 6.07) is 11.8. The van der Waals surface area contributed by atoms with Crippen molar-refractivity contribution in [3.05, 3.63) is 54.1 Å². The zero-order valence-electron chi connectivity index (χ0n) is 29.3. The molecule has 4 aliphatic heterocycles. The number of aliphatic hydroxyl groups is 1. The molecule has 3 amide bonds. The number of fused-ring (bicyclic) bond motifs is 2. The Bertz CT molecular complexity index is 1620. The standard InChI is InChI=1S/C36H50N4O10S/c1-36(2,14-8-15-37-34(42)38-16-6-7-17-38)23-39(51(45,46)26-11-12-31-32(20-26)50-24-49-31)21-30(41)28(19-25-9-4-3-5-10-25)40(35(43)44)29-22-48-33-27(29)13-18-47-33/h3-5,9-12,20,27-30,33,41H,6-8,13-19,21-24H2,1-2H3,(H,37,42)(H,43,44)/p-1/t27-,28-,29-,30+,33+/m0/s1. The van der Waals surface area contributed by atoms with Gasteiger partial charge in [-0.05, 0) is 61.6 Å². The summed E-state index contributed by atoms with van der Waals surface area (Å²) in [5.74, 6) is 0.480. The first kappa shape index (κ1) is 37.1. The number of carbonyl (C=O) groups is 2. The smallest absolute Gasteiger partial charge is 0.317 e. The molecule has 4 heterocycles. The number of ether oxygens (including phenoxy) is 4. The highest BCUT2D eigenvalue weighted by Crippen LogP contribution is 2.38. The number of sulfonamides is 1. The van der Waals surface area contributed by atoms with Gasteiger partial charge >= 0.3 is 6.03 Å². The van der Waals surface area contributed by atoms with Gasteiger partial charge in [-0.2, -0.15) is 4.31 Å². The molecule has 0 spiro atoms. The van der Waals surface area contributed by atoms with Crippen LogP contribution in [0, 0.1) is 11.3 Å². The largest absolute Gasteiger partial charge is 0.530 e. The number of rotatable bonds is 15. The van der Waals surface area contributed by atoms with Crippen molar-refractivity contribution in [1.29, 1.82) is 0 Å². The monoisotopic (exact) mass is 729 g/mol. The molecule has 15 heteroatoms. The maximum Gasteiger partial charge on any atom is 0.317 e. The fourth-order valence-electron chi connectivity index (χ4n) is 7.64. The van der Waals surface area contributed by atoms with Gasteiger partial charge in [-0.1, -0.05) is 44.2 Å². The summed E-state index contributed by atoms with van der Waals surface area (Å²) in [6.07, 6.45) is 0.393. The molecule has 0 radical (unpaired) electrons. The van der Waals surface area contributed by atoms with Gasteiger partial charge in [0.15, 0.2) is 17.8 Å². The van der Waals surface area contributed by atoms with E-state index >= 15 is 0 Å². The van der Waals surface area contributed by atoms with Gasteiger partial charge in [0.2, 0.25) is 16.8 Å². The molecule has 51 heavy (non-hydrogen) atoms. The van der Waals surface area contributed by atoms with Crippen LogP contribution < -0.4 is 19.9 Å². The topological polar surface area (TPSA) is 170 Å². The van der Waals surface area contributed by atoms with Crippen LogP contribution in [0.3, 0.4) is 0 Å². The lowest BCUT2D eigenvalue weighted by atomic mass is 9.87. The minimum atomic E-state index is -4.26. The number of hydrogen-bond acceptors (Lipinski definition) is 10. The van der Waals surface area contributed by atoms with Crippen LogP contribution in [0.25, 0.3) is 0 Å². The maximum absolute atomic E-state index is 14.5. The quantitative estimate of drug-likeness (QED) is 0.260. The lowest BCUT2D eigenvalue weighted by molar-refractivity contribution is -0.273. The van der Waals surface area contributed by atoms with Gasteiger partial charge in [-0.15, -0.1) is 0 Å². The van der Waals surface area contributed by atoms with Gasteiger partial charge in [0, 0.05) is 44.7 Å². The van der Waals surface area contributed by atoms with Crippen molar-refractivity contribution in [3.8, 4) is 11.5 Å². The molecular weight excluding hydrogens is 680 g/mol. The Balaban J connectivity index is 1.26. The maximum atomic E-state index is 14.5. The number of urea groups is 1. The van der Waals surface area contributed by atoms with E-state index in [1.54, 1.807) is 4.90 Å². The van der Waals surface area contributed by atoms with Crippen LogP contribution in [0.1, 0.15) is 51.5 Å². The number of carboxylic acid groups (broad SMARTS) is 1. The SMILES string of the molecule is CC(C)(CCCNC(=O)N1CCCC1)CN(C[C@@H](O)[C@H](Cc1ccccc1)N(C(=O)[O-])[C@H]1CO[C@H]2OCC[C@H]21)S(=O)(=O)c1ccc2c(c1)OCO2. The Morgan fingerprint density at radius 2 is 1.82 bits per heavy atom. The zero-order chi connectivity index (χ0) is 36.2. The number of benzene rings is 2. The fourth-order valence-corrected chi connectivity index (χ4v) is 9.30. The predicted molar refractivity (Wildman–Crippen MR) is 183 cm³/mol. The third-order valence-corrected chi connectivity index (χ3v) is 12.1. The lowest BCUT2D eigenvalue weighted by Crippen LogP contribution is -2.61. The highest BCUT2D eigenvalue weighted by Gasteiger charge is 2.47. The zero-order valence-corrected chi connectivity index (χ0v) is 30.1. The van der Waals surface area contributed by atoms with Crippen LogP contribution >= 0.6 is 0 Å². The molecule has 14 nitrogen and oxygen atoms in total. The van der Waals surface area contributed by atoms with Crippen molar-refractivity contribution in [2.24, 2.45) is 11.3 Å². The van der Waals surface area contributed by atoms with Crippen molar-refractivity contribution in [3.63, 3.8) is 0 Å². The molecule has 6 rings (SSSR count). The number of nitrogens with zero attached hydrogens (tertiary/aromatic N) is 3. The van der Waals surface area contributed by atoms with E-state index in [1.165, 1.54) is 22.5 Å². The Hall–Kier alpha value is -3.63. The van der Waals surface area contributed by atoms with E-state index in [2.05, 4.69) is 5.32 Å². The number of nitrogens with one attached hydrogen (secondary N) is 1. The molecular formula is C36H49N4O10S-. The second kappa shape index (κ2) is 15.9. The second-order valence-electron chi connectivity index (χ2n) is 14.6. The molecule has 0 bridgehead atoms. The predicted octanol–water partition coefficient (Wildman–Crippen LogP) is 2.40. The van der Waals surface area contributed by atoms with Crippen molar-refractivity contribution in [1.82, 2.24) is 19.4 Å². The summed E-state index contributed by atoms with van der Waals surface area (Å²) in [4.78, 5) is 28.4. The lowest BCUT2D eigenvalue weighted by Gasteiger charge is -2.43. The molecule has 0 unspecified atom stereocenters. The highest BCUT2D eigenvalue weighted by atomic mass is 32.2. The number of aliphatic hydroxyl groups excluding tert-OH is 1. The normalized spacial score (nSPS) is 22.6.